The summed E-state index contributed by atoms with van der Waals surface area (Å²) in [5.41, 5.74) is 2.84. The summed E-state index contributed by atoms with van der Waals surface area (Å²) in [7, 11) is -1.99. The maximum Gasteiger partial charge on any atom is 0.263 e. The molecule has 0 saturated carbocycles. The van der Waals surface area contributed by atoms with E-state index < -0.39 is 10.0 Å². The number of sulfonamides is 1. The van der Waals surface area contributed by atoms with Gasteiger partial charge in [-0.2, -0.15) is 5.10 Å². The van der Waals surface area contributed by atoms with Gasteiger partial charge in [0.1, 0.15) is 16.5 Å². The van der Waals surface area contributed by atoms with Crippen molar-refractivity contribution in [2.45, 2.75) is 18.7 Å². The zero-order chi connectivity index (χ0) is 22.2. The molecule has 31 heavy (non-hydrogen) atoms. The molecule has 10 heteroatoms. The molecule has 0 amide bonds. The highest BCUT2D eigenvalue weighted by atomic mass is 32.2. The summed E-state index contributed by atoms with van der Waals surface area (Å²) in [4.78, 5) is 8.79. The predicted molar refractivity (Wildman–Crippen MR) is 119 cm³/mol. The first-order valence-corrected chi connectivity index (χ1v) is 11.5. The van der Waals surface area contributed by atoms with E-state index in [0.29, 0.717) is 11.4 Å². The lowest BCUT2D eigenvalue weighted by Gasteiger charge is -2.36. The number of aryl methyl sites for hydroxylation is 2. The number of hydrogen-bond acceptors (Lipinski definition) is 6. The third-order valence-corrected chi connectivity index (χ3v) is 6.91. The molecule has 0 unspecified atom stereocenters. The third kappa shape index (κ3) is 4.34. The Morgan fingerprint density at radius 1 is 0.968 bits per heavy atom. The molecule has 1 N–H and O–H groups in total. The van der Waals surface area contributed by atoms with E-state index in [2.05, 4.69) is 24.6 Å². The standard InChI is InChI=1S/C21H25FN6O2S/c1-15-21(16(2)26(3)24-15)25-31(29,30)19-8-9-20(23-14-19)28-12-10-27(11-13-28)18-6-4-17(22)5-7-18/h4-9,14,25H,10-13H2,1-3H3. The Hall–Kier alpha value is -3.14. The van der Waals surface area contributed by atoms with E-state index in [1.165, 1.54) is 18.3 Å². The van der Waals surface area contributed by atoms with Gasteiger partial charge in [0.2, 0.25) is 0 Å². The van der Waals surface area contributed by atoms with Crippen molar-refractivity contribution in [3.8, 4) is 0 Å². The molecule has 1 aliphatic rings. The van der Waals surface area contributed by atoms with E-state index in [9.17, 15) is 12.8 Å². The molecule has 0 atom stereocenters. The summed E-state index contributed by atoms with van der Waals surface area (Å²) in [6.07, 6.45) is 1.38. The molecular weight excluding hydrogens is 419 g/mol. The van der Waals surface area contributed by atoms with Crippen LogP contribution in [0.25, 0.3) is 0 Å². The summed E-state index contributed by atoms with van der Waals surface area (Å²) in [6.45, 7) is 6.59. The zero-order valence-corrected chi connectivity index (χ0v) is 18.5. The van der Waals surface area contributed by atoms with Crippen molar-refractivity contribution < 1.29 is 12.8 Å². The highest BCUT2D eigenvalue weighted by Gasteiger charge is 2.22. The number of anilines is 3. The second-order valence-corrected chi connectivity index (χ2v) is 9.26. The molecule has 2 aromatic heterocycles. The minimum Gasteiger partial charge on any atom is -0.368 e. The van der Waals surface area contributed by atoms with Crippen molar-refractivity contribution in [3.05, 3.63) is 59.8 Å². The van der Waals surface area contributed by atoms with Gasteiger partial charge < -0.3 is 9.80 Å². The largest absolute Gasteiger partial charge is 0.368 e. The molecular formula is C21H25FN6O2S. The molecule has 1 aliphatic heterocycles. The zero-order valence-electron chi connectivity index (χ0n) is 17.7. The van der Waals surface area contributed by atoms with Crippen LogP contribution in [0.4, 0.5) is 21.6 Å². The normalized spacial score (nSPS) is 14.7. The van der Waals surface area contributed by atoms with Gasteiger partial charge in [0.15, 0.2) is 0 Å². The lowest BCUT2D eigenvalue weighted by Crippen LogP contribution is -2.46. The van der Waals surface area contributed by atoms with Crippen LogP contribution in [0.3, 0.4) is 0 Å². The molecule has 0 spiro atoms. The monoisotopic (exact) mass is 444 g/mol. The van der Waals surface area contributed by atoms with Crippen molar-refractivity contribution in [2.24, 2.45) is 7.05 Å². The van der Waals surface area contributed by atoms with Crippen molar-refractivity contribution in [2.75, 3.05) is 40.7 Å². The Labute approximate surface area is 181 Å². The number of benzene rings is 1. The molecule has 8 nitrogen and oxygen atoms in total. The maximum absolute atomic E-state index is 13.1. The Balaban J connectivity index is 1.43. The van der Waals surface area contributed by atoms with Crippen molar-refractivity contribution in [1.82, 2.24) is 14.8 Å². The van der Waals surface area contributed by atoms with Crippen LogP contribution >= 0.6 is 0 Å². The van der Waals surface area contributed by atoms with E-state index >= 15 is 0 Å². The summed E-state index contributed by atoms with van der Waals surface area (Å²) in [6, 6.07) is 9.78. The molecule has 0 radical (unpaired) electrons. The predicted octanol–water partition coefficient (Wildman–Crippen LogP) is 2.70. The van der Waals surface area contributed by atoms with Crippen LogP contribution in [-0.2, 0) is 17.1 Å². The summed E-state index contributed by atoms with van der Waals surface area (Å²) >= 11 is 0. The number of nitrogens with one attached hydrogen (secondary N) is 1. The van der Waals surface area contributed by atoms with Crippen LogP contribution in [0, 0.1) is 19.7 Å². The van der Waals surface area contributed by atoms with Gasteiger partial charge in [0.05, 0.1) is 17.1 Å². The average Bonchev–Trinajstić information content (AvgIpc) is 3.00. The van der Waals surface area contributed by atoms with Crippen LogP contribution < -0.4 is 14.5 Å². The Bertz CT molecular complexity index is 1170. The van der Waals surface area contributed by atoms with Crippen molar-refractivity contribution >= 4 is 27.2 Å². The topological polar surface area (TPSA) is 83.4 Å². The fraction of sp³-hybridized carbons (Fsp3) is 0.333. The molecule has 0 aliphatic carbocycles. The lowest BCUT2D eigenvalue weighted by atomic mass is 10.2. The van der Waals surface area contributed by atoms with Gasteiger partial charge in [-0.15, -0.1) is 0 Å². The number of aromatic nitrogens is 3. The van der Waals surface area contributed by atoms with E-state index in [1.807, 2.05) is 6.92 Å². The molecule has 3 aromatic rings. The smallest absolute Gasteiger partial charge is 0.263 e. The fourth-order valence-electron chi connectivity index (χ4n) is 3.68. The highest BCUT2D eigenvalue weighted by Crippen LogP contribution is 2.24. The van der Waals surface area contributed by atoms with E-state index in [1.54, 1.807) is 42.9 Å². The van der Waals surface area contributed by atoms with Gasteiger partial charge in [0.25, 0.3) is 10.0 Å². The van der Waals surface area contributed by atoms with Crippen LogP contribution in [-0.4, -0.2) is 49.4 Å². The summed E-state index contributed by atoms with van der Waals surface area (Å²) in [5, 5.41) is 4.24. The molecule has 0 bridgehead atoms. The minimum atomic E-state index is -3.76. The van der Waals surface area contributed by atoms with Gasteiger partial charge in [-0.1, -0.05) is 0 Å². The Morgan fingerprint density at radius 2 is 1.61 bits per heavy atom. The van der Waals surface area contributed by atoms with Crippen molar-refractivity contribution in [3.63, 3.8) is 0 Å². The molecule has 164 valence electrons. The number of nitrogens with zero attached hydrogens (tertiary/aromatic N) is 5. The van der Waals surface area contributed by atoms with Gasteiger partial charge in [-0.05, 0) is 50.2 Å². The third-order valence-electron chi connectivity index (χ3n) is 5.57. The first-order valence-electron chi connectivity index (χ1n) is 9.99. The van der Waals surface area contributed by atoms with E-state index in [0.717, 1.165) is 43.4 Å². The summed E-state index contributed by atoms with van der Waals surface area (Å²) < 4.78 is 43.0. The first kappa shape index (κ1) is 21.1. The molecule has 1 aromatic carbocycles. The second-order valence-electron chi connectivity index (χ2n) is 7.58. The second kappa shape index (κ2) is 8.18. The summed E-state index contributed by atoms with van der Waals surface area (Å²) in [5.74, 6) is 0.483. The number of pyridine rings is 1. The molecule has 1 fully saturated rings. The number of hydrogen-bond donors (Lipinski definition) is 1. The van der Waals surface area contributed by atoms with Crippen LogP contribution in [0.5, 0.6) is 0 Å². The quantitative estimate of drug-likeness (QED) is 0.652. The van der Waals surface area contributed by atoms with Crippen LogP contribution in [0.15, 0.2) is 47.5 Å². The highest BCUT2D eigenvalue weighted by molar-refractivity contribution is 7.92. The van der Waals surface area contributed by atoms with Gasteiger partial charge >= 0.3 is 0 Å². The van der Waals surface area contributed by atoms with Gasteiger partial charge in [-0.25, -0.2) is 17.8 Å². The first-order chi connectivity index (χ1) is 14.7. The van der Waals surface area contributed by atoms with Gasteiger partial charge in [-0.3, -0.25) is 9.40 Å². The minimum absolute atomic E-state index is 0.101. The van der Waals surface area contributed by atoms with Crippen LogP contribution in [0.2, 0.25) is 0 Å². The molecule has 3 heterocycles. The Kier molecular flexibility index (Phi) is 5.57. The van der Waals surface area contributed by atoms with E-state index in [-0.39, 0.29) is 10.7 Å². The Morgan fingerprint density at radius 3 is 2.16 bits per heavy atom. The maximum atomic E-state index is 13.1. The SMILES string of the molecule is Cc1nn(C)c(C)c1NS(=O)(=O)c1ccc(N2CCN(c3ccc(F)cc3)CC2)nc1. The average molecular weight is 445 g/mol. The molecule has 1 saturated heterocycles. The number of piperazine rings is 1. The van der Waals surface area contributed by atoms with Crippen molar-refractivity contribution in [1.29, 1.82) is 0 Å². The van der Waals surface area contributed by atoms with Gasteiger partial charge in [0, 0.05) is 45.1 Å². The fourth-order valence-corrected chi connectivity index (χ4v) is 4.80. The lowest BCUT2D eigenvalue weighted by molar-refractivity contribution is 0.600. The van der Waals surface area contributed by atoms with Crippen LogP contribution in [0.1, 0.15) is 11.4 Å². The number of halogens is 1. The number of rotatable bonds is 5. The van der Waals surface area contributed by atoms with E-state index in [4.69, 9.17) is 0 Å². The molecule has 4 rings (SSSR count).